The van der Waals surface area contributed by atoms with Gasteiger partial charge in [0, 0.05) is 13.1 Å². The topological polar surface area (TPSA) is 46.2 Å². The monoisotopic (exact) mass is 435 g/mol. The zero-order valence-electron chi connectivity index (χ0n) is 18.9. The first-order chi connectivity index (χ1) is 14.8. The van der Waals surface area contributed by atoms with E-state index in [0.717, 1.165) is 5.56 Å². The molecule has 0 saturated heterocycles. The number of rotatable bonds is 5. The van der Waals surface area contributed by atoms with Crippen molar-refractivity contribution in [3.05, 3.63) is 83.6 Å². The molecule has 5 nitrogen and oxygen atoms in total. The molecule has 0 radical (unpaired) electrons. The van der Waals surface area contributed by atoms with Crippen LogP contribution in [0.4, 0.5) is 0 Å². The van der Waals surface area contributed by atoms with Gasteiger partial charge in [0.2, 0.25) is 10.0 Å². The largest absolute Gasteiger partial charge is 0.274 e. The van der Waals surface area contributed by atoms with Crippen molar-refractivity contribution in [2.24, 2.45) is 20.0 Å². The second kappa shape index (κ2) is 8.48. The SMILES string of the molecule is Cc1ccc(S(=O)(=O)N2CC([BH2-]c3n(C)cc[n+]3C)=C(c3ccccc3)C(C)C2)cc1. The van der Waals surface area contributed by atoms with Crippen molar-refractivity contribution < 1.29 is 13.0 Å². The molecule has 31 heavy (non-hydrogen) atoms. The van der Waals surface area contributed by atoms with E-state index in [1.165, 1.54) is 22.3 Å². The van der Waals surface area contributed by atoms with Gasteiger partial charge in [-0.2, -0.15) is 4.31 Å². The maximum atomic E-state index is 13.5. The molecule has 2 heterocycles. The van der Waals surface area contributed by atoms with Crippen molar-refractivity contribution >= 4 is 28.6 Å². The van der Waals surface area contributed by atoms with E-state index in [0.29, 0.717) is 18.0 Å². The molecule has 0 bridgehead atoms. The lowest BCUT2D eigenvalue weighted by molar-refractivity contribution is -0.652. The highest BCUT2D eigenvalue weighted by Gasteiger charge is 2.32. The van der Waals surface area contributed by atoms with E-state index in [9.17, 15) is 8.42 Å². The normalized spacial score (nSPS) is 17.9. The van der Waals surface area contributed by atoms with Crippen molar-refractivity contribution in [3.8, 4) is 0 Å². The maximum absolute atomic E-state index is 13.5. The Balaban J connectivity index is 1.78. The fraction of sp³-hybridized carbons (Fsp3) is 0.292. The molecule has 1 aliphatic heterocycles. The first-order valence-electron chi connectivity index (χ1n) is 10.9. The van der Waals surface area contributed by atoms with E-state index >= 15 is 0 Å². The molecule has 0 N–H and O–H groups in total. The van der Waals surface area contributed by atoms with E-state index in [1.54, 1.807) is 16.4 Å². The predicted octanol–water partition coefficient (Wildman–Crippen LogP) is 1.70. The molecule has 1 aromatic heterocycles. The molecule has 0 saturated carbocycles. The standard InChI is InChI=1S/C24H30BN3O2S/c1-18-10-12-21(13-11-18)31(29,30)28-16-19(2)23(20-8-6-5-7-9-20)22(17-28)25-24-26(3)14-15-27(24)4/h5-15,19H,16-17,25H2,1-4H3. The number of nitrogens with zero attached hydrogens (tertiary/aromatic N) is 3. The van der Waals surface area contributed by atoms with Gasteiger partial charge in [-0.15, -0.1) is 0 Å². The van der Waals surface area contributed by atoms with Crippen molar-refractivity contribution in [2.45, 2.75) is 18.7 Å². The summed E-state index contributed by atoms with van der Waals surface area (Å²) >= 11 is 0. The number of hydrogen-bond donors (Lipinski definition) is 0. The van der Waals surface area contributed by atoms with Crippen LogP contribution < -0.4 is 10.3 Å². The van der Waals surface area contributed by atoms with Crippen LogP contribution in [0.3, 0.4) is 0 Å². The summed E-state index contributed by atoms with van der Waals surface area (Å²) in [4.78, 5) is 0.372. The fourth-order valence-corrected chi connectivity index (χ4v) is 6.49. The minimum absolute atomic E-state index is 0.126. The molecule has 0 spiro atoms. The van der Waals surface area contributed by atoms with Crippen LogP contribution in [0.2, 0.25) is 0 Å². The fourth-order valence-electron chi connectivity index (χ4n) is 4.92. The molecule has 4 rings (SSSR count). The average molecular weight is 435 g/mol. The summed E-state index contributed by atoms with van der Waals surface area (Å²) in [6.07, 6.45) is 4.13. The van der Waals surface area contributed by atoms with Crippen molar-refractivity contribution in [1.29, 1.82) is 0 Å². The summed E-state index contributed by atoms with van der Waals surface area (Å²) in [5.74, 6) is 0.126. The Labute approximate surface area is 185 Å². The Bertz CT molecular complexity index is 1200. The summed E-state index contributed by atoms with van der Waals surface area (Å²) in [6.45, 7) is 5.07. The number of sulfonamides is 1. The molecule has 1 unspecified atom stereocenters. The Morgan fingerprint density at radius 3 is 2.35 bits per heavy atom. The van der Waals surface area contributed by atoms with Crippen LogP contribution in [0.15, 0.2) is 77.4 Å². The van der Waals surface area contributed by atoms with E-state index in [-0.39, 0.29) is 5.92 Å². The molecule has 1 aliphatic rings. The summed E-state index contributed by atoms with van der Waals surface area (Å²) in [5, 5.41) is 0. The third-order valence-corrected chi connectivity index (χ3v) is 8.47. The van der Waals surface area contributed by atoms with Gasteiger partial charge in [0.25, 0.3) is 0 Å². The summed E-state index contributed by atoms with van der Waals surface area (Å²) < 4.78 is 32.9. The molecule has 0 fully saturated rings. The molecular weight excluding hydrogens is 405 g/mol. The first-order valence-corrected chi connectivity index (χ1v) is 12.3. The van der Waals surface area contributed by atoms with Gasteiger partial charge in [-0.3, -0.25) is 9.13 Å². The molecular formula is C24H30BN3O2S. The zero-order chi connectivity index (χ0) is 22.2. The lowest BCUT2D eigenvalue weighted by atomic mass is 9.62. The summed E-state index contributed by atoms with van der Waals surface area (Å²) in [6, 6.07) is 17.6. The Kier molecular flexibility index (Phi) is 5.91. The Morgan fingerprint density at radius 2 is 1.74 bits per heavy atom. The van der Waals surface area contributed by atoms with Crippen molar-refractivity contribution in [3.63, 3.8) is 0 Å². The van der Waals surface area contributed by atoms with E-state index in [1.807, 2.05) is 25.1 Å². The van der Waals surface area contributed by atoms with Gasteiger partial charge >= 0.3 is 0 Å². The number of imidazole rings is 1. The second-order valence-electron chi connectivity index (χ2n) is 8.89. The highest BCUT2D eigenvalue weighted by molar-refractivity contribution is 7.89. The lowest BCUT2D eigenvalue weighted by Gasteiger charge is -2.37. The Hall–Kier alpha value is -2.64. The van der Waals surface area contributed by atoms with E-state index in [2.05, 4.69) is 66.8 Å². The summed E-state index contributed by atoms with van der Waals surface area (Å²) in [5.41, 5.74) is 6.12. The van der Waals surface area contributed by atoms with Crippen LogP contribution >= 0.6 is 0 Å². The molecule has 3 aromatic rings. The van der Waals surface area contributed by atoms with E-state index in [4.69, 9.17) is 0 Å². The minimum atomic E-state index is -3.54. The summed E-state index contributed by atoms with van der Waals surface area (Å²) in [7, 11) is -0.131. The second-order valence-corrected chi connectivity index (χ2v) is 10.8. The van der Waals surface area contributed by atoms with Gasteiger partial charge in [-0.1, -0.05) is 60.5 Å². The van der Waals surface area contributed by atoms with Gasteiger partial charge < -0.3 is 0 Å². The van der Waals surface area contributed by atoms with Crippen molar-refractivity contribution in [1.82, 2.24) is 8.87 Å². The number of hydrogen-bond acceptors (Lipinski definition) is 2. The predicted molar refractivity (Wildman–Crippen MR) is 127 cm³/mol. The third-order valence-electron chi connectivity index (χ3n) is 6.65. The third kappa shape index (κ3) is 4.25. The van der Waals surface area contributed by atoms with Gasteiger partial charge in [0.15, 0.2) is 0 Å². The molecule has 162 valence electrons. The lowest BCUT2D eigenvalue weighted by Crippen LogP contribution is -2.52. The molecule has 1 atom stereocenters. The maximum Gasteiger partial charge on any atom is 0.243 e. The van der Waals surface area contributed by atoms with Gasteiger partial charge in [-0.25, -0.2) is 13.9 Å². The van der Waals surface area contributed by atoms with Crippen LogP contribution in [-0.4, -0.2) is 37.7 Å². The number of benzene rings is 2. The molecule has 2 aromatic carbocycles. The number of aryl methyl sites for hydroxylation is 3. The van der Waals surface area contributed by atoms with Crippen LogP contribution in [0, 0.1) is 12.8 Å². The molecule has 0 aliphatic carbocycles. The smallest absolute Gasteiger partial charge is 0.243 e. The minimum Gasteiger partial charge on any atom is -0.274 e. The Morgan fingerprint density at radius 1 is 1.06 bits per heavy atom. The van der Waals surface area contributed by atoms with Gasteiger partial charge in [-0.05, 0) is 30.5 Å². The van der Waals surface area contributed by atoms with E-state index < -0.39 is 17.3 Å². The highest BCUT2D eigenvalue weighted by atomic mass is 32.2. The highest BCUT2D eigenvalue weighted by Crippen LogP contribution is 2.34. The van der Waals surface area contributed by atoms with Crippen LogP contribution in [0.5, 0.6) is 0 Å². The quantitative estimate of drug-likeness (QED) is 0.453. The zero-order valence-corrected chi connectivity index (χ0v) is 19.7. The van der Waals surface area contributed by atoms with Gasteiger partial charge in [0.1, 0.15) is 19.7 Å². The molecule has 0 amide bonds. The van der Waals surface area contributed by atoms with Crippen molar-refractivity contribution in [2.75, 3.05) is 13.1 Å². The van der Waals surface area contributed by atoms with Gasteiger partial charge in [0.05, 0.1) is 24.7 Å². The van der Waals surface area contributed by atoms with Crippen LogP contribution in [0.1, 0.15) is 18.1 Å². The van der Waals surface area contributed by atoms with Crippen LogP contribution in [-0.2, 0) is 24.1 Å². The molecule has 7 heteroatoms. The first kappa shape index (κ1) is 21.6. The van der Waals surface area contributed by atoms with Crippen LogP contribution in [0.25, 0.3) is 5.57 Å². The number of aromatic nitrogens is 2. The average Bonchev–Trinajstić information content (AvgIpc) is 3.06.